The van der Waals surface area contributed by atoms with E-state index in [0.29, 0.717) is 54.4 Å². The highest BCUT2D eigenvalue weighted by molar-refractivity contribution is 6.14. The van der Waals surface area contributed by atoms with E-state index in [4.69, 9.17) is 0 Å². The maximum absolute atomic E-state index is 13.5. The van der Waals surface area contributed by atoms with Crippen LogP contribution in [0.4, 0.5) is 0 Å². The average Bonchev–Trinajstić information content (AvgIpc) is 2.85. The highest BCUT2D eigenvalue weighted by Gasteiger charge is 2.17. The molecule has 2 N–H and O–H groups in total. The van der Waals surface area contributed by atoms with Gasteiger partial charge in [-0.2, -0.15) is 0 Å². The molecule has 6 heteroatoms. The summed E-state index contributed by atoms with van der Waals surface area (Å²) >= 11 is 0. The van der Waals surface area contributed by atoms with Gasteiger partial charge in [-0.15, -0.1) is 0 Å². The Hall–Kier alpha value is -4.84. The lowest BCUT2D eigenvalue weighted by atomic mass is 9.99. The zero-order valence-electron chi connectivity index (χ0n) is 17.6. The molecule has 0 spiro atoms. The standard InChI is InChI=1S/C28H14N2O4/c31-25-13-5-1-2-6-14(13)26(32)21-17(25)9-10-20-24(21)30-19-12-11-18(29-20)22-23(19)28(34)16-8-4-3-7-15(16)27(22)33/h1-12,29-30H. The third kappa shape index (κ3) is 2.24. The lowest BCUT2D eigenvalue weighted by Crippen LogP contribution is -2.15. The Morgan fingerprint density at radius 1 is 0.382 bits per heavy atom. The van der Waals surface area contributed by atoms with Crippen LogP contribution < -0.4 is 21.7 Å². The summed E-state index contributed by atoms with van der Waals surface area (Å²) in [5.74, 6) is 0. The molecule has 6 aromatic carbocycles. The third-order valence-corrected chi connectivity index (χ3v) is 6.70. The smallest absolute Gasteiger partial charge is 0.196 e. The second-order valence-corrected chi connectivity index (χ2v) is 8.48. The number of fused-ring (bicyclic) bond motifs is 4. The van der Waals surface area contributed by atoms with Crippen LogP contribution in [0.1, 0.15) is 0 Å². The number of aromatic amines is 2. The van der Waals surface area contributed by atoms with Gasteiger partial charge in [-0.25, -0.2) is 0 Å². The van der Waals surface area contributed by atoms with E-state index in [1.807, 2.05) is 0 Å². The zero-order valence-corrected chi connectivity index (χ0v) is 17.6. The van der Waals surface area contributed by atoms with Crippen LogP contribution in [0.25, 0.3) is 65.2 Å². The lowest BCUT2D eigenvalue weighted by Gasteiger charge is -2.09. The maximum Gasteiger partial charge on any atom is 0.196 e. The highest BCUT2D eigenvalue weighted by Crippen LogP contribution is 2.26. The Morgan fingerprint density at radius 2 is 0.824 bits per heavy atom. The van der Waals surface area contributed by atoms with Crippen molar-refractivity contribution in [3.63, 3.8) is 0 Å². The van der Waals surface area contributed by atoms with Crippen molar-refractivity contribution in [3.8, 4) is 0 Å². The molecule has 160 valence electrons. The summed E-state index contributed by atoms with van der Waals surface area (Å²) < 4.78 is 0. The second kappa shape index (κ2) is 6.36. The first-order valence-corrected chi connectivity index (χ1v) is 10.8. The molecule has 0 unspecified atom stereocenters. The molecule has 0 saturated carbocycles. The van der Waals surface area contributed by atoms with Crippen LogP contribution in [0.2, 0.25) is 0 Å². The minimum absolute atomic E-state index is 0.229. The number of aromatic nitrogens is 2. The van der Waals surface area contributed by atoms with Gasteiger partial charge in [0.05, 0.1) is 38.2 Å². The summed E-state index contributed by atoms with van der Waals surface area (Å²) in [6.07, 6.45) is 0. The molecular formula is C28H14N2O4. The van der Waals surface area contributed by atoms with Gasteiger partial charge in [-0.1, -0.05) is 48.5 Å². The van der Waals surface area contributed by atoms with Gasteiger partial charge in [0.15, 0.2) is 21.7 Å². The molecule has 2 heterocycles. The van der Waals surface area contributed by atoms with Crippen molar-refractivity contribution >= 4 is 65.2 Å². The molecular weight excluding hydrogens is 428 g/mol. The van der Waals surface area contributed by atoms with Crippen molar-refractivity contribution in [1.82, 2.24) is 9.97 Å². The molecule has 8 aromatic rings. The Balaban J connectivity index is 1.82. The maximum atomic E-state index is 13.5. The van der Waals surface area contributed by atoms with Gasteiger partial charge in [0.1, 0.15) is 0 Å². The van der Waals surface area contributed by atoms with Crippen molar-refractivity contribution in [2.24, 2.45) is 0 Å². The van der Waals surface area contributed by atoms with Crippen LogP contribution in [0.15, 0.2) is 92.0 Å². The minimum atomic E-state index is -0.270. The van der Waals surface area contributed by atoms with Gasteiger partial charge in [-0.05, 0) is 24.3 Å². The summed E-state index contributed by atoms with van der Waals surface area (Å²) in [5, 5.41) is 2.52. The molecule has 0 amide bonds. The van der Waals surface area contributed by atoms with E-state index in [-0.39, 0.29) is 32.5 Å². The van der Waals surface area contributed by atoms with Gasteiger partial charge in [-0.3, -0.25) is 19.2 Å². The molecule has 6 nitrogen and oxygen atoms in total. The number of hydrogen-bond acceptors (Lipinski definition) is 4. The van der Waals surface area contributed by atoms with Gasteiger partial charge in [0, 0.05) is 26.9 Å². The summed E-state index contributed by atoms with van der Waals surface area (Å²) in [6.45, 7) is 0. The van der Waals surface area contributed by atoms with Crippen LogP contribution >= 0.6 is 0 Å². The van der Waals surface area contributed by atoms with Crippen molar-refractivity contribution in [1.29, 1.82) is 0 Å². The third-order valence-electron chi connectivity index (χ3n) is 6.70. The minimum Gasteiger partial charge on any atom is -0.353 e. The first-order chi connectivity index (χ1) is 16.5. The van der Waals surface area contributed by atoms with E-state index in [1.165, 1.54) is 0 Å². The van der Waals surface area contributed by atoms with Gasteiger partial charge in [0.2, 0.25) is 0 Å². The second-order valence-electron chi connectivity index (χ2n) is 8.48. The fraction of sp³-hybridized carbons (Fsp3) is 0. The van der Waals surface area contributed by atoms with Gasteiger partial charge >= 0.3 is 0 Å². The summed E-state index contributed by atoms with van der Waals surface area (Å²) in [4.78, 5) is 60.0. The fourth-order valence-corrected chi connectivity index (χ4v) is 5.13. The van der Waals surface area contributed by atoms with Gasteiger partial charge < -0.3 is 9.97 Å². The van der Waals surface area contributed by atoms with E-state index in [9.17, 15) is 19.2 Å². The number of H-pyrrole nitrogens is 2. The van der Waals surface area contributed by atoms with Crippen molar-refractivity contribution < 1.29 is 0 Å². The van der Waals surface area contributed by atoms with Crippen LogP contribution in [-0.2, 0) is 0 Å². The summed E-state index contributed by atoms with van der Waals surface area (Å²) in [5.41, 5.74) is 0.844. The molecule has 0 aliphatic rings. The Labute approximate surface area is 189 Å². The molecule has 0 aliphatic heterocycles. The summed E-state index contributed by atoms with van der Waals surface area (Å²) in [7, 11) is 0. The van der Waals surface area contributed by atoms with Gasteiger partial charge in [0.25, 0.3) is 0 Å². The lowest BCUT2D eigenvalue weighted by molar-refractivity contribution is 1.44. The number of benzene rings is 6. The van der Waals surface area contributed by atoms with E-state index in [1.54, 1.807) is 72.8 Å². The highest BCUT2D eigenvalue weighted by atomic mass is 16.1. The molecule has 2 bridgehead atoms. The van der Waals surface area contributed by atoms with Crippen molar-refractivity contribution in [2.45, 2.75) is 0 Å². The van der Waals surface area contributed by atoms with Crippen molar-refractivity contribution in [2.75, 3.05) is 0 Å². The number of rotatable bonds is 0. The Kier molecular flexibility index (Phi) is 3.50. The van der Waals surface area contributed by atoms with Crippen LogP contribution in [0, 0.1) is 0 Å². The molecule has 34 heavy (non-hydrogen) atoms. The fourth-order valence-electron chi connectivity index (χ4n) is 5.13. The van der Waals surface area contributed by atoms with E-state index < -0.39 is 0 Å². The van der Waals surface area contributed by atoms with Crippen LogP contribution in [0.3, 0.4) is 0 Å². The SMILES string of the molecule is O=c1c2ccccc2c(=O)c2c1ccc1[nH]c3ccc([nH]c12)c1c(=O)c2ccccc2c(=O)c31. The van der Waals surface area contributed by atoms with Crippen molar-refractivity contribution in [3.05, 3.63) is 114 Å². The average molecular weight is 442 g/mol. The number of nitrogens with one attached hydrogen (secondary N) is 2. The molecule has 0 radical (unpaired) electrons. The largest absolute Gasteiger partial charge is 0.353 e. The molecule has 2 aromatic heterocycles. The molecule has 0 fully saturated rings. The molecule has 8 rings (SSSR count). The predicted octanol–water partition coefficient (Wildman–Crippen LogP) is 4.14. The Morgan fingerprint density at radius 3 is 1.38 bits per heavy atom. The monoisotopic (exact) mass is 442 g/mol. The number of hydrogen-bond donors (Lipinski definition) is 2. The molecule has 0 aliphatic carbocycles. The van der Waals surface area contributed by atoms with E-state index in [2.05, 4.69) is 9.97 Å². The van der Waals surface area contributed by atoms with Crippen LogP contribution in [-0.4, -0.2) is 9.97 Å². The van der Waals surface area contributed by atoms with E-state index >= 15 is 0 Å². The zero-order chi connectivity index (χ0) is 23.1. The molecule has 0 atom stereocenters. The van der Waals surface area contributed by atoms with Crippen LogP contribution in [0.5, 0.6) is 0 Å². The normalized spacial score (nSPS) is 12.0. The quantitative estimate of drug-likeness (QED) is 0.345. The Bertz CT molecular complexity index is 2260. The predicted molar refractivity (Wildman–Crippen MR) is 136 cm³/mol. The first kappa shape index (κ1) is 18.7. The summed E-state index contributed by atoms with van der Waals surface area (Å²) in [6, 6.07) is 20.3. The van der Waals surface area contributed by atoms with E-state index in [0.717, 1.165) is 0 Å². The molecule has 0 saturated heterocycles. The first-order valence-electron chi connectivity index (χ1n) is 10.8. The topological polar surface area (TPSA) is 99.9 Å².